The molecule has 1 atom stereocenters. The summed E-state index contributed by atoms with van der Waals surface area (Å²) in [5, 5.41) is 0. The Bertz CT molecular complexity index is 85.3. The molecule has 0 spiro atoms. The van der Waals surface area contributed by atoms with E-state index in [1.807, 2.05) is 0 Å². The van der Waals surface area contributed by atoms with Gasteiger partial charge in [-0.2, -0.15) is 0 Å². The molecule has 0 saturated heterocycles. The normalized spacial score (nSPS) is 13.0. The molecular formula is C4H6Cl3N. The van der Waals surface area contributed by atoms with Crippen molar-refractivity contribution in [2.24, 2.45) is 5.73 Å². The fourth-order valence-corrected chi connectivity index (χ4v) is 0.469. The molecule has 0 aliphatic rings. The van der Waals surface area contributed by atoms with E-state index in [4.69, 9.17) is 40.5 Å². The van der Waals surface area contributed by atoms with Gasteiger partial charge in [0.2, 0.25) is 0 Å². The Morgan fingerprint density at radius 1 is 1.62 bits per heavy atom. The third kappa shape index (κ3) is 6.57. The van der Waals surface area contributed by atoms with Crippen LogP contribution in [0.25, 0.3) is 0 Å². The Hall–Kier alpha value is 0.570. The van der Waals surface area contributed by atoms with Gasteiger partial charge in [0.15, 0.2) is 0 Å². The SMILES string of the molecule is NC(Cl)CC=C(Cl)Cl. The van der Waals surface area contributed by atoms with Gasteiger partial charge in [-0.3, -0.25) is 0 Å². The molecule has 4 heteroatoms. The Morgan fingerprint density at radius 2 is 2.12 bits per heavy atom. The number of hydrogen-bond donors (Lipinski definition) is 1. The second-order valence-corrected chi connectivity index (χ2v) is 2.81. The first-order valence-corrected chi connectivity index (χ1v) is 3.23. The number of nitrogens with two attached hydrogens (primary N) is 1. The predicted molar refractivity (Wildman–Crippen MR) is 38.2 cm³/mol. The van der Waals surface area contributed by atoms with Crippen molar-refractivity contribution in [3.63, 3.8) is 0 Å². The number of alkyl halides is 1. The van der Waals surface area contributed by atoms with Gasteiger partial charge in [0.1, 0.15) is 4.49 Å². The lowest BCUT2D eigenvalue weighted by molar-refractivity contribution is 0.921. The molecule has 8 heavy (non-hydrogen) atoms. The number of hydrogen-bond acceptors (Lipinski definition) is 1. The molecule has 0 fully saturated rings. The van der Waals surface area contributed by atoms with Crippen LogP contribution in [0.3, 0.4) is 0 Å². The maximum absolute atomic E-state index is 5.34. The highest BCUT2D eigenvalue weighted by molar-refractivity contribution is 6.55. The maximum Gasteiger partial charge on any atom is 0.102 e. The van der Waals surface area contributed by atoms with Crippen LogP contribution in [0.1, 0.15) is 6.42 Å². The molecule has 0 aromatic rings. The summed E-state index contributed by atoms with van der Waals surface area (Å²) >= 11 is 15.8. The zero-order chi connectivity index (χ0) is 6.57. The van der Waals surface area contributed by atoms with Gasteiger partial charge in [0.05, 0.1) is 5.50 Å². The van der Waals surface area contributed by atoms with Crippen molar-refractivity contribution in [2.75, 3.05) is 0 Å². The van der Waals surface area contributed by atoms with Crippen LogP contribution in [-0.4, -0.2) is 5.50 Å². The van der Waals surface area contributed by atoms with Crippen molar-refractivity contribution >= 4 is 34.8 Å². The van der Waals surface area contributed by atoms with Crippen molar-refractivity contribution < 1.29 is 0 Å². The molecule has 0 saturated carbocycles. The highest BCUT2D eigenvalue weighted by atomic mass is 35.5. The zero-order valence-electron chi connectivity index (χ0n) is 4.07. The van der Waals surface area contributed by atoms with Crippen molar-refractivity contribution in [2.45, 2.75) is 11.9 Å². The van der Waals surface area contributed by atoms with Gasteiger partial charge in [-0.25, -0.2) is 0 Å². The summed E-state index contributed by atoms with van der Waals surface area (Å²) < 4.78 is 0.209. The smallest absolute Gasteiger partial charge is 0.102 e. The molecule has 2 N–H and O–H groups in total. The summed E-state index contributed by atoms with van der Waals surface area (Å²) in [4.78, 5) is 0. The topological polar surface area (TPSA) is 26.0 Å². The van der Waals surface area contributed by atoms with E-state index in [1.54, 1.807) is 6.08 Å². The van der Waals surface area contributed by atoms with E-state index in [0.717, 1.165) is 0 Å². The molecule has 1 unspecified atom stereocenters. The molecule has 0 bridgehead atoms. The molecular weight excluding hydrogens is 168 g/mol. The quantitative estimate of drug-likeness (QED) is 0.504. The van der Waals surface area contributed by atoms with Crippen LogP contribution in [0.5, 0.6) is 0 Å². The first-order valence-electron chi connectivity index (χ1n) is 2.03. The van der Waals surface area contributed by atoms with E-state index in [1.165, 1.54) is 0 Å². The number of rotatable bonds is 2. The minimum absolute atomic E-state index is 0.209. The Balaban J connectivity index is 3.29. The van der Waals surface area contributed by atoms with Crippen molar-refractivity contribution in [3.8, 4) is 0 Å². The fourth-order valence-electron chi connectivity index (χ4n) is 0.202. The first kappa shape index (κ1) is 8.57. The van der Waals surface area contributed by atoms with Crippen LogP contribution in [0.15, 0.2) is 10.6 Å². The van der Waals surface area contributed by atoms with Gasteiger partial charge in [-0.1, -0.05) is 29.3 Å². The summed E-state index contributed by atoms with van der Waals surface area (Å²) in [6, 6.07) is 0. The molecule has 0 aromatic carbocycles. The first-order chi connectivity index (χ1) is 3.63. The van der Waals surface area contributed by atoms with Crippen molar-refractivity contribution in [1.82, 2.24) is 0 Å². The second kappa shape index (κ2) is 4.45. The summed E-state index contributed by atoms with van der Waals surface area (Å²) in [7, 11) is 0. The van der Waals surface area contributed by atoms with E-state index in [-0.39, 0.29) is 9.99 Å². The predicted octanol–water partition coefficient (Wildman–Crippen LogP) is 2.22. The lowest BCUT2D eigenvalue weighted by Gasteiger charge is -1.93. The molecule has 0 aromatic heterocycles. The van der Waals surface area contributed by atoms with Gasteiger partial charge >= 0.3 is 0 Å². The van der Waals surface area contributed by atoms with Crippen LogP contribution in [0.4, 0.5) is 0 Å². The molecule has 0 aliphatic heterocycles. The van der Waals surface area contributed by atoms with Gasteiger partial charge < -0.3 is 5.73 Å². The summed E-state index contributed by atoms with van der Waals surface area (Å²) in [5.41, 5.74) is 4.76. The Morgan fingerprint density at radius 3 is 2.25 bits per heavy atom. The second-order valence-electron chi connectivity index (χ2n) is 1.25. The van der Waals surface area contributed by atoms with Gasteiger partial charge in [0.25, 0.3) is 0 Å². The van der Waals surface area contributed by atoms with Gasteiger partial charge in [0, 0.05) is 0 Å². The van der Waals surface area contributed by atoms with Crippen LogP contribution < -0.4 is 5.73 Å². The molecule has 0 rings (SSSR count). The molecule has 0 radical (unpaired) electrons. The Labute approximate surface area is 63.4 Å². The summed E-state index contributed by atoms with van der Waals surface area (Å²) in [5.74, 6) is 0. The lowest BCUT2D eigenvalue weighted by atomic mass is 10.4. The fraction of sp³-hybridized carbons (Fsp3) is 0.500. The van der Waals surface area contributed by atoms with Crippen molar-refractivity contribution in [3.05, 3.63) is 10.6 Å². The zero-order valence-corrected chi connectivity index (χ0v) is 6.34. The van der Waals surface area contributed by atoms with E-state index in [9.17, 15) is 0 Å². The van der Waals surface area contributed by atoms with Gasteiger partial charge in [-0.05, 0) is 6.42 Å². The summed E-state index contributed by atoms with van der Waals surface area (Å²) in [6.07, 6.45) is 2.06. The monoisotopic (exact) mass is 173 g/mol. The standard InChI is InChI=1S/C4H6Cl3N/c5-3(6)1-2-4(7)8/h1,4H,2,8H2. The average molecular weight is 174 g/mol. The molecule has 0 amide bonds. The van der Waals surface area contributed by atoms with E-state index >= 15 is 0 Å². The van der Waals surface area contributed by atoms with Crippen LogP contribution in [0, 0.1) is 0 Å². The van der Waals surface area contributed by atoms with Crippen LogP contribution in [-0.2, 0) is 0 Å². The molecule has 1 nitrogen and oxygen atoms in total. The van der Waals surface area contributed by atoms with E-state index in [0.29, 0.717) is 6.42 Å². The number of halogens is 3. The maximum atomic E-state index is 5.34. The highest BCUT2D eigenvalue weighted by Crippen LogP contribution is 2.08. The lowest BCUT2D eigenvalue weighted by Crippen LogP contribution is -2.09. The largest absolute Gasteiger partial charge is 0.315 e. The van der Waals surface area contributed by atoms with E-state index < -0.39 is 0 Å². The van der Waals surface area contributed by atoms with E-state index in [2.05, 4.69) is 0 Å². The average Bonchev–Trinajstić information content (AvgIpc) is 1.61. The Kier molecular flexibility index (Phi) is 4.77. The molecule has 0 heterocycles. The van der Waals surface area contributed by atoms with Crippen molar-refractivity contribution in [1.29, 1.82) is 0 Å². The third-order valence-corrected chi connectivity index (χ3v) is 0.984. The third-order valence-electron chi connectivity index (χ3n) is 0.497. The highest BCUT2D eigenvalue weighted by Gasteiger charge is 1.91. The van der Waals surface area contributed by atoms with Crippen LogP contribution >= 0.6 is 34.8 Å². The minimum atomic E-state index is -0.387. The van der Waals surface area contributed by atoms with Gasteiger partial charge in [-0.15, -0.1) is 11.6 Å². The minimum Gasteiger partial charge on any atom is -0.315 e. The summed E-state index contributed by atoms with van der Waals surface area (Å²) in [6.45, 7) is 0. The van der Waals surface area contributed by atoms with Crippen LogP contribution in [0.2, 0.25) is 0 Å². The molecule has 0 aliphatic carbocycles. The molecule has 48 valence electrons.